The molecule has 0 spiro atoms. The Morgan fingerprint density at radius 3 is 2.16 bits per heavy atom. The lowest BCUT2D eigenvalue weighted by atomic mass is 10.0. The summed E-state index contributed by atoms with van der Waals surface area (Å²) in [7, 11) is 0. The molecule has 0 radical (unpaired) electrons. The van der Waals surface area contributed by atoms with E-state index in [0.717, 1.165) is 16.5 Å². The van der Waals surface area contributed by atoms with Gasteiger partial charge in [-0.15, -0.1) is 0 Å². The molecule has 4 rings (SSSR count). The lowest BCUT2D eigenvalue weighted by Crippen LogP contribution is -2.34. The van der Waals surface area contributed by atoms with Crippen molar-refractivity contribution in [2.75, 3.05) is 13.1 Å². The van der Waals surface area contributed by atoms with E-state index < -0.39 is 5.82 Å². The van der Waals surface area contributed by atoms with Crippen LogP contribution in [0.15, 0.2) is 84.9 Å². The van der Waals surface area contributed by atoms with E-state index in [1.807, 2.05) is 54.6 Å². The van der Waals surface area contributed by atoms with Crippen molar-refractivity contribution in [3.8, 4) is 11.3 Å². The minimum Gasteiger partial charge on any atom is -0.350 e. The van der Waals surface area contributed by atoms with Crippen molar-refractivity contribution in [2.45, 2.75) is 0 Å². The Morgan fingerprint density at radius 1 is 0.774 bits per heavy atom. The molecule has 0 fully saturated rings. The summed E-state index contributed by atoms with van der Waals surface area (Å²) in [5.74, 6) is -0.968. The summed E-state index contributed by atoms with van der Waals surface area (Å²) in [6.07, 6.45) is 0. The maximum atomic E-state index is 13.0. The molecule has 4 aromatic rings. The zero-order chi connectivity index (χ0) is 21.6. The van der Waals surface area contributed by atoms with E-state index in [0.29, 0.717) is 16.8 Å². The van der Waals surface area contributed by atoms with Crippen LogP contribution < -0.4 is 10.6 Å². The van der Waals surface area contributed by atoms with Crippen LogP contribution in [0.1, 0.15) is 20.7 Å². The Kier molecular flexibility index (Phi) is 5.98. The van der Waals surface area contributed by atoms with Crippen molar-refractivity contribution in [3.63, 3.8) is 0 Å². The quantitative estimate of drug-likeness (QED) is 0.466. The van der Waals surface area contributed by atoms with Crippen LogP contribution in [0.5, 0.6) is 0 Å². The lowest BCUT2D eigenvalue weighted by molar-refractivity contribution is 0.0928. The third-order valence-electron chi connectivity index (χ3n) is 4.83. The largest absolute Gasteiger partial charge is 0.350 e. The highest BCUT2D eigenvalue weighted by atomic mass is 19.1. The van der Waals surface area contributed by atoms with Crippen molar-refractivity contribution in [2.24, 2.45) is 0 Å². The molecule has 0 unspecified atom stereocenters. The van der Waals surface area contributed by atoms with Gasteiger partial charge >= 0.3 is 0 Å². The summed E-state index contributed by atoms with van der Waals surface area (Å²) in [4.78, 5) is 29.7. The first-order chi connectivity index (χ1) is 15.1. The van der Waals surface area contributed by atoms with Crippen LogP contribution in [0, 0.1) is 5.82 Å². The van der Waals surface area contributed by atoms with Crippen molar-refractivity contribution >= 4 is 22.7 Å². The monoisotopic (exact) mass is 413 g/mol. The zero-order valence-electron chi connectivity index (χ0n) is 16.6. The minimum absolute atomic E-state index is 0.244. The Morgan fingerprint density at radius 2 is 1.42 bits per heavy atom. The van der Waals surface area contributed by atoms with Gasteiger partial charge in [0.1, 0.15) is 5.82 Å². The molecule has 31 heavy (non-hydrogen) atoms. The maximum absolute atomic E-state index is 13.0. The number of fused-ring (bicyclic) bond motifs is 1. The fraction of sp³-hybridized carbons (Fsp3) is 0.0800. The normalized spacial score (nSPS) is 10.6. The number of carbonyl (C=O) groups excluding carboxylic acids is 2. The highest BCUT2D eigenvalue weighted by Gasteiger charge is 2.14. The summed E-state index contributed by atoms with van der Waals surface area (Å²) < 4.78 is 13.0. The second-order valence-corrected chi connectivity index (χ2v) is 6.96. The van der Waals surface area contributed by atoms with Crippen LogP contribution in [0.4, 0.5) is 4.39 Å². The van der Waals surface area contributed by atoms with Gasteiger partial charge in [0, 0.05) is 29.6 Å². The summed E-state index contributed by atoms with van der Waals surface area (Å²) in [5.41, 5.74) is 3.26. The van der Waals surface area contributed by atoms with E-state index in [1.165, 1.54) is 24.3 Å². The van der Waals surface area contributed by atoms with Crippen LogP contribution >= 0.6 is 0 Å². The second-order valence-electron chi connectivity index (χ2n) is 6.96. The smallest absolute Gasteiger partial charge is 0.252 e. The summed E-state index contributed by atoms with van der Waals surface area (Å²) >= 11 is 0. The summed E-state index contributed by atoms with van der Waals surface area (Å²) in [6, 6.07) is 24.2. The molecule has 5 nitrogen and oxygen atoms in total. The molecule has 0 aliphatic heterocycles. The predicted molar refractivity (Wildman–Crippen MR) is 118 cm³/mol. The SMILES string of the molecule is O=C(NCCNC(=O)c1cc(-c2ccccc2)nc2ccccc12)c1ccc(F)cc1. The fourth-order valence-electron chi connectivity index (χ4n) is 3.27. The van der Waals surface area contributed by atoms with Crippen LogP contribution in [0.25, 0.3) is 22.2 Å². The zero-order valence-corrected chi connectivity index (χ0v) is 16.6. The van der Waals surface area contributed by atoms with Gasteiger partial charge in [0.2, 0.25) is 0 Å². The highest BCUT2D eigenvalue weighted by molar-refractivity contribution is 6.07. The van der Waals surface area contributed by atoms with E-state index in [2.05, 4.69) is 15.6 Å². The molecule has 0 atom stereocenters. The number of hydrogen-bond donors (Lipinski definition) is 2. The van der Waals surface area contributed by atoms with Gasteiger partial charge in [0.25, 0.3) is 11.8 Å². The number of amides is 2. The average molecular weight is 413 g/mol. The summed E-state index contributed by atoms with van der Waals surface area (Å²) in [5, 5.41) is 6.31. The molecule has 3 aromatic carbocycles. The van der Waals surface area contributed by atoms with E-state index >= 15 is 0 Å². The fourth-order valence-corrected chi connectivity index (χ4v) is 3.27. The number of hydrogen-bond acceptors (Lipinski definition) is 3. The number of para-hydroxylation sites is 1. The molecule has 0 saturated heterocycles. The van der Waals surface area contributed by atoms with Crippen molar-refractivity contribution in [1.29, 1.82) is 0 Å². The molecule has 154 valence electrons. The lowest BCUT2D eigenvalue weighted by Gasteiger charge is -2.11. The van der Waals surface area contributed by atoms with Gasteiger partial charge in [-0.25, -0.2) is 9.37 Å². The Balaban J connectivity index is 1.46. The number of aromatic nitrogens is 1. The van der Waals surface area contributed by atoms with Crippen LogP contribution in [-0.4, -0.2) is 29.9 Å². The molecule has 0 aliphatic rings. The van der Waals surface area contributed by atoms with Gasteiger partial charge in [0.05, 0.1) is 16.8 Å². The molecule has 0 aliphatic carbocycles. The van der Waals surface area contributed by atoms with Crippen LogP contribution in [-0.2, 0) is 0 Å². The standard InChI is InChI=1S/C25H20FN3O2/c26-19-12-10-18(11-13-19)24(30)27-14-15-28-25(31)21-16-23(17-6-2-1-3-7-17)29-22-9-5-4-8-20(21)22/h1-13,16H,14-15H2,(H,27,30)(H,28,31). The number of nitrogens with one attached hydrogen (secondary N) is 2. The Bertz CT molecular complexity index is 1220. The van der Waals surface area contributed by atoms with Crippen molar-refractivity contribution in [1.82, 2.24) is 15.6 Å². The van der Waals surface area contributed by atoms with Gasteiger partial charge in [-0.3, -0.25) is 9.59 Å². The second kappa shape index (κ2) is 9.17. The molecule has 6 heteroatoms. The van der Waals surface area contributed by atoms with Crippen LogP contribution in [0.3, 0.4) is 0 Å². The first-order valence-corrected chi connectivity index (χ1v) is 9.89. The number of nitrogens with zero attached hydrogens (tertiary/aromatic N) is 1. The third-order valence-corrected chi connectivity index (χ3v) is 4.83. The number of benzene rings is 3. The number of pyridine rings is 1. The van der Waals surface area contributed by atoms with Gasteiger partial charge in [-0.1, -0.05) is 48.5 Å². The van der Waals surface area contributed by atoms with E-state index in [9.17, 15) is 14.0 Å². The van der Waals surface area contributed by atoms with E-state index in [4.69, 9.17) is 0 Å². The number of halogens is 1. The van der Waals surface area contributed by atoms with Gasteiger partial charge in [-0.05, 0) is 36.4 Å². The van der Waals surface area contributed by atoms with Crippen LogP contribution in [0.2, 0.25) is 0 Å². The van der Waals surface area contributed by atoms with Gasteiger partial charge < -0.3 is 10.6 Å². The van der Waals surface area contributed by atoms with E-state index in [1.54, 1.807) is 6.07 Å². The molecule has 2 N–H and O–H groups in total. The molecule has 2 amide bonds. The van der Waals surface area contributed by atoms with Gasteiger partial charge in [-0.2, -0.15) is 0 Å². The molecule has 1 aromatic heterocycles. The summed E-state index contributed by atoms with van der Waals surface area (Å²) in [6.45, 7) is 0.500. The van der Waals surface area contributed by atoms with Gasteiger partial charge in [0.15, 0.2) is 0 Å². The Labute approximate surface area is 178 Å². The first-order valence-electron chi connectivity index (χ1n) is 9.89. The van der Waals surface area contributed by atoms with E-state index in [-0.39, 0.29) is 24.9 Å². The maximum Gasteiger partial charge on any atom is 0.252 e. The predicted octanol–water partition coefficient (Wildman–Crippen LogP) is 4.20. The molecule has 0 bridgehead atoms. The number of rotatable bonds is 6. The highest BCUT2D eigenvalue weighted by Crippen LogP contribution is 2.24. The molecular weight excluding hydrogens is 393 g/mol. The Hall–Kier alpha value is -4.06. The third kappa shape index (κ3) is 4.75. The topological polar surface area (TPSA) is 71.1 Å². The average Bonchev–Trinajstić information content (AvgIpc) is 2.82. The van der Waals surface area contributed by atoms with Crippen molar-refractivity contribution in [3.05, 3.63) is 102 Å². The minimum atomic E-state index is -0.400. The first kappa shape index (κ1) is 20.2. The van der Waals surface area contributed by atoms with Crippen molar-refractivity contribution < 1.29 is 14.0 Å². The molecule has 1 heterocycles. The molecule has 0 saturated carbocycles. The number of carbonyl (C=O) groups is 2. The molecular formula is C25H20FN3O2.